The maximum atomic E-state index is 5.45. The Morgan fingerprint density at radius 1 is 1.50 bits per heavy atom. The van der Waals surface area contributed by atoms with Gasteiger partial charge in [0.15, 0.2) is 6.29 Å². The molecule has 1 fully saturated rings. The van der Waals surface area contributed by atoms with Crippen LogP contribution in [-0.4, -0.2) is 13.2 Å². The molecule has 0 atom stereocenters. The van der Waals surface area contributed by atoms with Crippen molar-refractivity contribution in [2.45, 2.75) is 26.1 Å². The van der Waals surface area contributed by atoms with Crippen molar-refractivity contribution in [1.29, 1.82) is 0 Å². The van der Waals surface area contributed by atoms with Gasteiger partial charge >= 0.3 is 0 Å². The van der Waals surface area contributed by atoms with Crippen LogP contribution in [0.2, 0.25) is 0 Å². The normalized spacial score (nSPS) is 17.9. The summed E-state index contributed by atoms with van der Waals surface area (Å²) in [6.45, 7) is 3.61. The van der Waals surface area contributed by atoms with Crippen molar-refractivity contribution in [1.82, 2.24) is 0 Å². The van der Waals surface area contributed by atoms with Crippen LogP contribution >= 0.6 is 27.3 Å². The van der Waals surface area contributed by atoms with Gasteiger partial charge in [-0.3, -0.25) is 0 Å². The van der Waals surface area contributed by atoms with E-state index in [-0.39, 0.29) is 6.29 Å². The maximum Gasteiger partial charge on any atom is 0.193 e. The number of ether oxygens (including phenoxy) is 2. The highest BCUT2D eigenvalue weighted by atomic mass is 79.9. The third-order valence-electron chi connectivity index (χ3n) is 2.15. The van der Waals surface area contributed by atoms with E-state index in [4.69, 9.17) is 9.47 Å². The van der Waals surface area contributed by atoms with Crippen LogP contribution in [-0.2, 0) is 15.9 Å². The smallest absolute Gasteiger partial charge is 0.193 e. The molecule has 78 valence electrons. The molecule has 1 aliphatic heterocycles. The molecule has 0 aliphatic carbocycles. The van der Waals surface area contributed by atoms with E-state index >= 15 is 0 Å². The maximum absolute atomic E-state index is 5.45. The second kappa shape index (κ2) is 4.75. The van der Waals surface area contributed by atoms with Crippen LogP contribution in [0.3, 0.4) is 0 Å². The predicted molar refractivity (Wildman–Crippen MR) is 60.7 cm³/mol. The molecular weight excluding hydrogens is 264 g/mol. The van der Waals surface area contributed by atoms with Gasteiger partial charge in [0, 0.05) is 0 Å². The van der Waals surface area contributed by atoms with Crippen molar-refractivity contribution in [2.75, 3.05) is 13.2 Å². The summed E-state index contributed by atoms with van der Waals surface area (Å²) < 4.78 is 12.1. The lowest BCUT2D eigenvalue weighted by Crippen LogP contribution is -1.93. The molecule has 1 aromatic heterocycles. The molecule has 2 heterocycles. The zero-order valence-corrected chi connectivity index (χ0v) is 10.5. The Hall–Kier alpha value is 0.100. The zero-order valence-electron chi connectivity index (χ0n) is 8.09. The lowest BCUT2D eigenvalue weighted by atomic mass is 10.2. The quantitative estimate of drug-likeness (QED) is 0.841. The monoisotopic (exact) mass is 276 g/mol. The van der Waals surface area contributed by atoms with E-state index in [0.717, 1.165) is 6.42 Å². The van der Waals surface area contributed by atoms with E-state index < -0.39 is 0 Å². The van der Waals surface area contributed by atoms with Crippen molar-refractivity contribution >= 4 is 27.3 Å². The highest BCUT2D eigenvalue weighted by molar-refractivity contribution is 9.11. The summed E-state index contributed by atoms with van der Waals surface area (Å²) in [4.78, 5) is 1.18. The minimum Gasteiger partial charge on any atom is -0.345 e. The van der Waals surface area contributed by atoms with Crippen LogP contribution in [0.5, 0.6) is 0 Å². The fourth-order valence-electron chi connectivity index (χ4n) is 1.51. The first-order valence-electron chi connectivity index (χ1n) is 4.82. The average molecular weight is 277 g/mol. The van der Waals surface area contributed by atoms with Crippen LogP contribution < -0.4 is 0 Å². The van der Waals surface area contributed by atoms with E-state index in [1.165, 1.54) is 20.6 Å². The summed E-state index contributed by atoms with van der Waals surface area (Å²) in [5, 5.41) is 0. The topological polar surface area (TPSA) is 18.5 Å². The second-order valence-corrected chi connectivity index (χ2v) is 5.67. The number of halogens is 1. The fraction of sp³-hybridized carbons (Fsp3) is 0.600. The molecule has 0 spiro atoms. The number of thiophene rings is 1. The number of hydrogen-bond acceptors (Lipinski definition) is 3. The van der Waals surface area contributed by atoms with Gasteiger partial charge in [0.05, 0.1) is 21.9 Å². The van der Waals surface area contributed by atoms with Gasteiger partial charge in [-0.25, -0.2) is 0 Å². The van der Waals surface area contributed by atoms with Gasteiger partial charge in [-0.15, -0.1) is 11.3 Å². The van der Waals surface area contributed by atoms with E-state index in [1.54, 1.807) is 11.3 Å². The predicted octanol–water partition coefficient (Wildman–Crippen LogP) is 3.51. The molecule has 1 aromatic rings. The molecule has 0 aromatic carbocycles. The van der Waals surface area contributed by atoms with Crippen LogP contribution in [0.25, 0.3) is 0 Å². The molecule has 0 saturated carbocycles. The first-order valence-corrected chi connectivity index (χ1v) is 6.43. The Labute approximate surface area is 96.4 Å². The minimum atomic E-state index is -0.123. The number of rotatable bonds is 3. The molecule has 1 saturated heterocycles. The Morgan fingerprint density at radius 2 is 2.21 bits per heavy atom. The Morgan fingerprint density at radius 3 is 2.86 bits per heavy atom. The molecule has 0 radical (unpaired) electrons. The largest absolute Gasteiger partial charge is 0.345 e. The molecule has 1 aliphatic rings. The summed E-state index contributed by atoms with van der Waals surface area (Å²) in [5.74, 6) is 0. The molecule has 0 unspecified atom stereocenters. The molecule has 0 amide bonds. The lowest BCUT2D eigenvalue weighted by Gasteiger charge is -2.04. The Balaban J connectivity index is 2.14. The summed E-state index contributed by atoms with van der Waals surface area (Å²) in [5.41, 5.74) is 1.37. The van der Waals surface area contributed by atoms with Crippen molar-refractivity contribution in [3.8, 4) is 0 Å². The Kier molecular flexibility index (Phi) is 3.60. The van der Waals surface area contributed by atoms with Crippen molar-refractivity contribution in [3.05, 3.63) is 20.3 Å². The van der Waals surface area contributed by atoms with Crippen LogP contribution in [0.4, 0.5) is 0 Å². The van der Waals surface area contributed by atoms with Gasteiger partial charge in [-0.05, 0) is 34.0 Å². The van der Waals surface area contributed by atoms with E-state index in [9.17, 15) is 0 Å². The van der Waals surface area contributed by atoms with Gasteiger partial charge in [0.1, 0.15) is 0 Å². The molecule has 4 heteroatoms. The fourth-order valence-corrected chi connectivity index (χ4v) is 3.31. The zero-order chi connectivity index (χ0) is 9.97. The van der Waals surface area contributed by atoms with Gasteiger partial charge in [-0.2, -0.15) is 0 Å². The molecule has 0 N–H and O–H groups in total. The van der Waals surface area contributed by atoms with Crippen LogP contribution in [0, 0.1) is 0 Å². The summed E-state index contributed by atoms with van der Waals surface area (Å²) in [6.07, 6.45) is 2.16. The lowest BCUT2D eigenvalue weighted by molar-refractivity contribution is -0.0413. The minimum absolute atomic E-state index is 0.123. The average Bonchev–Trinajstić information content (AvgIpc) is 2.76. The summed E-state index contributed by atoms with van der Waals surface area (Å²) in [7, 11) is 0. The van der Waals surface area contributed by atoms with Crippen LogP contribution in [0.15, 0.2) is 9.85 Å². The third-order valence-corrected chi connectivity index (χ3v) is 4.13. The number of aryl methyl sites for hydroxylation is 1. The van der Waals surface area contributed by atoms with Crippen molar-refractivity contribution in [3.63, 3.8) is 0 Å². The summed E-state index contributed by atoms with van der Waals surface area (Å²) >= 11 is 5.29. The molecule has 14 heavy (non-hydrogen) atoms. The molecule has 2 rings (SSSR count). The highest BCUT2D eigenvalue weighted by Crippen LogP contribution is 2.35. The van der Waals surface area contributed by atoms with Crippen molar-refractivity contribution in [2.24, 2.45) is 0 Å². The van der Waals surface area contributed by atoms with Crippen molar-refractivity contribution < 1.29 is 9.47 Å². The van der Waals surface area contributed by atoms with Gasteiger partial charge in [0.25, 0.3) is 0 Å². The number of hydrogen-bond donors (Lipinski definition) is 0. The first-order chi connectivity index (χ1) is 6.81. The molecule has 0 bridgehead atoms. The first kappa shape index (κ1) is 10.6. The van der Waals surface area contributed by atoms with E-state index in [2.05, 4.69) is 28.9 Å². The van der Waals surface area contributed by atoms with E-state index in [1.807, 2.05) is 0 Å². The molecular formula is C10H13BrO2S. The van der Waals surface area contributed by atoms with Gasteiger partial charge in [0.2, 0.25) is 0 Å². The SMILES string of the molecule is CCCc1cc(C2OCCO2)sc1Br. The highest BCUT2D eigenvalue weighted by Gasteiger charge is 2.21. The van der Waals surface area contributed by atoms with Crippen LogP contribution in [0.1, 0.15) is 30.1 Å². The molecule has 2 nitrogen and oxygen atoms in total. The van der Waals surface area contributed by atoms with E-state index in [0.29, 0.717) is 13.2 Å². The Bertz CT molecular complexity index is 305. The third kappa shape index (κ3) is 2.19. The van der Waals surface area contributed by atoms with Gasteiger partial charge in [-0.1, -0.05) is 13.3 Å². The standard InChI is InChI=1S/C10H13BrO2S/c1-2-3-7-6-8(14-9(7)11)10-12-4-5-13-10/h6,10H,2-5H2,1H3. The van der Waals surface area contributed by atoms with Gasteiger partial charge < -0.3 is 9.47 Å². The summed E-state index contributed by atoms with van der Waals surface area (Å²) in [6, 6.07) is 2.19. The second-order valence-electron chi connectivity index (χ2n) is 3.27.